The second kappa shape index (κ2) is 27.3. The molecule has 0 aromatic heterocycles. The largest absolute Gasteiger partial charge is 1.00 e. The van der Waals surface area contributed by atoms with Crippen molar-refractivity contribution in [3.63, 3.8) is 0 Å². The van der Waals surface area contributed by atoms with Crippen molar-refractivity contribution in [2.45, 2.75) is 119 Å². The SMILES string of the molecule is O=C(CCCCCNC(=O)CCCCC1SC[C@@H]2NC(=O)N[C@H]12)NCCCCCC(=O)NCC(NS(=O)(=O)[O-])C(O)CC(O)COS(=O)(=O)[O-].[Na+].[Na+]. The number of amides is 5. The molecule has 2 saturated heterocycles. The molecule has 2 rings (SSSR count). The van der Waals surface area contributed by atoms with Crippen molar-refractivity contribution in [1.82, 2.24) is 31.3 Å². The molecule has 0 aromatic rings. The number of hydrogen-bond donors (Lipinski definition) is 8. The molecule has 6 atom stereocenters. The molecule has 2 heterocycles. The van der Waals surface area contributed by atoms with Gasteiger partial charge in [-0.05, 0) is 38.5 Å². The number of nitrogens with one attached hydrogen (secondary N) is 6. The number of fused-ring (bicyclic) bond motifs is 1. The van der Waals surface area contributed by atoms with Crippen LogP contribution in [-0.4, -0.2) is 127 Å². The molecule has 19 nitrogen and oxygen atoms in total. The van der Waals surface area contributed by atoms with E-state index in [1.165, 1.54) is 0 Å². The van der Waals surface area contributed by atoms with Crippen LogP contribution in [0.2, 0.25) is 0 Å². The van der Waals surface area contributed by atoms with E-state index in [1.807, 2.05) is 11.8 Å². The third kappa shape index (κ3) is 24.3. The van der Waals surface area contributed by atoms with Crippen LogP contribution >= 0.6 is 11.8 Å². The molecule has 0 spiro atoms. The third-order valence-electron chi connectivity index (χ3n) is 8.08. The summed E-state index contributed by atoms with van der Waals surface area (Å²) in [4.78, 5) is 47.8. The van der Waals surface area contributed by atoms with Crippen LogP contribution in [0.3, 0.4) is 0 Å². The number of urea groups is 1. The van der Waals surface area contributed by atoms with Crippen molar-refractivity contribution >= 4 is 56.2 Å². The van der Waals surface area contributed by atoms with Gasteiger partial charge >= 0.3 is 65.1 Å². The topological polar surface area (TPSA) is 305 Å². The molecule has 290 valence electrons. The maximum Gasteiger partial charge on any atom is 1.00 e. The van der Waals surface area contributed by atoms with Crippen LogP contribution in [0, 0.1) is 0 Å². The average molecular weight is 821 g/mol. The molecule has 24 heteroatoms. The summed E-state index contributed by atoms with van der Waals surface area (Å²) >= 11 is 1.86. The van der Waals surface area contributed by atoms with Gasteiger partial charge in [-0.1, -0.05) is 19.3 Å². The van der Waals surface area contributed by atoms with Crippen LogP contribution in [0.1, 0.15) is 83.5 Å². The Kier molecular flexibility index (Phi) is 27.2. The summed E-state index contributed by atoms with van der Waals surface area (Å²) in [7, 11) is -10.2. The van der Waals surface area contributed by atoms with Gasteiger partial charge < -0.3 is 45.9 Å². The zero-order chi connectivity index (χ0) is 37.2. The molecule has 0 saturated carbocycles. The molecule has 4 unspecified atom stereocenters. The van der Waals surface area contributed by atoms with Crippen LogP contribution in [0.5, 0.6) is 0 Å². The summed E-state index contributed by atoms with van der Waals surface area (Å²) in [5, 5.41) is 34.3. The number of rotatable bonds is 27. The molecule has 52 heavy (non-hydrogen) atoms. The number of carbonyl (C=O) groups is 4. The van der Waals surface area contributed by atoms with Crippen LogP contribution in [0.4, 0.5) is 4.79 Å². The van der Waals surface area contributed by atoms with E-state index in [1.54, 1.807) is 4.72 Å². The van der Waals surface area contributed by atoms with Gasteiger partial charge in [-0.25, -0.2) is 26.4 Å². The minimum atomic E-state index is -5.11. The molecule has 5 amide bonds. The van der Waals surface area contributed by atoms with Crippen molar-refractivity contribution in [3.8, 4) is 0 Å². The Morgan fingerprint density at radius 3 is 1.90 bits per heavy atom. The Hall–Kier alpha value is -0.310. The Bertz CT molecular complexity index is 1320. The summed E-state index contributed by atoms with van der Waals surface area (Å²) in [5.41, 5.74) is 0. The molecular weight excluding hydrogens is 771 g/mol. The molecular formula is C28H50N6Na2O13S3. The Balaban J connectivity index is 0.0000130. The first-order valence-corrected chi connectivity index (χ1v) is 20.5. The monoisotopic (exact) mass is 820 g/mol. The van der Waals surface area contributed by atoms with Crippen LogP contribution < -0.4 is 90.4 Å². The van der Waals surface area contributed by atoms with Crippen LogP contribution in [0.15, 0.2) is 0 Å². The smallest absolute Gasteiger partial charge is 0.735 e. The first kappa shape index (κ1) is 51.7. The fourth-order valence-corrected chi connectivity index (χ4v) is 7.99. The predicted molar refractivity (Wildman–Crippen MR) is 179 cm³/mol. The Morgan fingerprint density at radius 1 is 0.827 bits per heavy atom. The van der Waals surface area contributed by atoms with Crippen LogP contribution in [0.25, 0.3) is 0 Å². The van der Waals surface area contributed by atoms with E-state index in [0.29, 0.717) is 56.9 Å². The number of carbonyl (C=O) groups excluding carboxylic acids is 4. The first-order valence-electron chi connectivity index (χ1n) is 16.7. The maximum atomic E-state index is 12.2. The van der Waals surface area contributed by atoms with Crippen molar-refractivity contribution in [2.75, 3.05) is 32.0 Å². The minimum absolute atomic E-state index is 0. The maximum absolute atomic E-state index is 12.2. The quantitative estimate of drug-likeness (QED) is 0.0126. The van der Waals surface area contributed by atoms with E-state index >= 15 is 0 Å². The van der Waals surface area contributed by atoms with Crippen molar-refractivity contribution in [1.29, 1.82) is 0 Å². The van der Waals surface area contributed by atoms with Crippen LogP contribution in [-0.2, 0) is 39.3 Å². The molecule has 0 radical (unpaired) electrons. The zero-order valence-electron chi connectivity index (χ0n) is 29.8. The molecule has 2 aliphatic heterocycles. The second-order valence-electron chi connectivity index (χ2n) is 12.3. The summed E-state index contributed by atoms with van der Waals surface area (Å²) in [5.74, 6) is 0.331. The molecule has 2 fully saturated rings. The Labute approximate surface area is 354 Å². The summed E-state index contributed by atoms with van der Waals surface area (Å²) in [6, 6.07) is -1.27. The van der Waals surface area contributed by atoms with E-state index in [9.17, 15) is 55.3 Å². The molecule has 0 bridgehead atoms. The van der Waals surface area contributed by atoms with Gasteiger partial charge in [0, 0.05) is 56.3 Å². The van der Waals surface area contributed by atoms with E-state index in [4.69, 9.17) is 0 Å². The summed E-state index contributed by atoms with van der Waals surface area (Å²) in [6.07, 6.45) is 3.32. The predicted octanol–water partition coefficient (Wildman–Crippen LogP) is -7.80. The average Bonchev–Trinajstić information content (AvgIpc) is 3.57. The molecule has 0 aliphatic carbocycles. The van der Waals surface area contributed by atoms with Gasteiger partial charge in [-0.3, -0.25) is 18.6 Å². The van der Waals surface area contributed by atoms with E-state index in [-0.39, 0.29) is 95.5 Å². The second-order valence-corrected chi connectivity index (χ2v) is 15.8. The van der Waals surface area contributed by atoms with Gasteiger partial charge in [0.05, 0.1) is 36.9 Å². The molecule has 2 aliphatic rings. The number of unbranched alkanes of at least 4 members (excludes halogenated alkanes) is 5. The van der Waals surface area contributed by atoms with E-state index in [2.05, 4.69) is 30.8 Å². The minimum Gasteiger partial charge on any atom is -0.735 e. The van der Waals surface area contributed by atoms with E-state index < -0.39 is 64.4 Å². The number of aliphatic hydroxyl groups is 2. The standard InChI is InChI=1S/C28H52N6O13S3.2Na/c35-19(17-47-50(44,45)46)15-22(36)20(34-49(41,42)43)16-31-26(39)11-4-2-8-13-29-24(37)10-3-1-7-14-30-25(38)12-6-5-9-23-27-21(18-48-23)32-28(40)33-27;;/h19-23,27,34-36H,1-18H2,(H,29,37)(H,30,38)(H,31,39)(H2,32,33,40)(H,41,42,43)(H,44,45,46);;/q;2*+1/p-2/t19?,20?,21-,22?,23?,27-;;/m0../s1. The molecule has 8 N–H and O–H groups in total. The Morgan fingerprint density at radius 2 is 1.37 bits per heavy atom. The normalized spacial score (nSPS) is 19.8. The third-order valence-corrected chi connectivity index (χ3v) is 10.6. The first-order chi connectivity index (χ1) is 23.5. The molecule has 0 aromatic carbocycles. The van der Waals surface area contributed by atoms with Gasteiger partial charge in [0.25, 0.3) is 0 Å². The van der Waals surface area contributed by atoms with Gasteiger partial charge in [-0.2, -0.15) is 11.8 Å². The van der Waals surface area contributed by atoms with Gasteiger partial charge in [0.1, 0.15) is 0 Å². The fraction of sp³-hybridized carbons (Fsp3) is 0.857. The van der Waals surface area contributed by atoms with Gasteiger partial charge in [0.2, 0.25) is 28.1 Å². The van der Waals surface area contributed by atoms with Crippen molar-refractivity contribution in [2.24, 2.45) is 0 Å². The zero-order valence-corrected chi connectivity index (χ0v) is 36.3. The number of hydrogen-bond acceptors (Lipinski definition) is 14. The van der Waals surface area contributed by atoms with Gasteiger partial charge in [0.15, 0.2) is 10.3 Å². The number of aliphatic hydroxyl groups excluding tert-OH is 2. The van der Waals surface area contributed by atoms with Gasteiger partial charge in [-0.15, -0.1) is 0 Å². The van der Waals surface area contributed by atoms with E-state index in [0.717, 1.165) is 37.9 Å². The fourth-order valence-electron chi connectivity index (χ4n) is 5.51. The van der Waals surface area contributed by atoms with Crippen molar-refractivity contribution < 1.29 is 119 Å². The summed E-state index contributed by atoms with van der Waals surface area (Å²) in [6.45, 7) is -0.541. The summed E-state index contributed by atoms with van der Waals surface area (Å²) < 4.78 is 70.3. The van der Waals surface area contributed by atoms with Crippen molar-refractivity contribution in [3.05, 3.63) is 0 Å². The number of thioether (sulfide) groups is 1.